The molecular formula is C14H15BrClN3. The smallest absolute Gasteiger partial charge is 0.162 e. The van der Waals surface area contributed by atoms with Crippen LogP contribution in [0.2, 0.25) is 5.15 Å². The standard InChI is InChI=1S/C14H15BrClN3/c1-8(2)6-11-12(15)13(16)19-14(18-11)10-5-4-9(3)17-7-10/h4-5,7-8H,6H2,1-3H3. The van der Waals surface area contributed by atoms with Gasteiger partial charge in [0.15, 0.2) is 5.82 Å². The van der Waals surface area contributed by atoms with Crippen LogP contribution < -0.4 is 0 Å². The van der Waals surface area contributed by atoms with Crippen LogP contribution in [0, 0.1) is 12.8 Å². The summed E-state index contributed by atoms with van der Waals surface area (Å²) >= 11 is 9.62. The van der Waals surface area contributed by atoms with Crippen LogP contribution in [-0.2, 0) is 6.42 Å². The fourth-order valence-corrected chi connectivity index (χ4v) is 2.24. The lowest BCUT2D eigenvalue weighted by atomic mass is 10.1. The van der Waals surface area contributed by atoms with Gasteiger partial charge in [-0.25, -0.2) is 9.97 Å². The van der Waals surface area contributed by atoms with E-state index < -0.39 is 0 Å². The highest BCUT2D eigenvalue weighted by molar-refractivity contribution is 9.10. The van der Waals surface area contributed by atoms with Crippen LogP contribution in [0.3, 0.4) is 0 Å². The molecule has 0 atom stereocenters. The molecular weight excluding hydrogens is 326 g/mol. The Labute approximate surface area is 126 Å². The highest BCUT2D eigenvalue weighted by Gasteiger charge is 2.13. The molecule has 5 heteroatoms. The summed E-state index contributed by atoms with van der Waals surface area (Å²) in [5.41, 5.74) is 2.78. The molecule has 0 unspecified atom stereocenters. The Hall–Kier alpha value is -1.00. The zero-order valence-corrected chi connectivity index (χ0v) is 13.5. The van der Waals surface area contributed by atoms with Crippen molar-refractivity contribution in [1.82, 2.24) is 15.0 Å². The monoisotopic (exact) mass is 339 g/mol. The molecule has 0 N–H and O–H groups in total. The highest BCUT2D eigenvalue weighted by Crippen LogP contribution is 2.28. The third kappa shape index (κ3) is 3.51. The molecule has 3 nitrogen and oxygen atoms in total. The van der Waals surface area contributed by atoms with Gasteiger partial charge in [-0.05, 0) is 47.3 Å². The maximum atomic E-state index is 6.17. The maximum absolute atomic E-state index is 6.17. The minimum atomic E-state index is 0.446. The van der Waals surface area contributed by atoms with E-state index >= 15 is 0 Å². The third-order valence-corrected chi connectivity index (χ3v) is 3.99. The van der Waals surface area contributed by atoms with E-state index in [2.05, 4.69) is 44.7 Å². The summed E-state index contributed by atoms with van der Waals surface area (Å²) in [4.78, 5) is 13.2. The molecule has 0 spiro atoms. The quantitative estimate of drug-likeness (QED) is 0.774. The number of nitrogens with zero attached hydrogens (tertiary/aromatic N) is 3. The van der Waals surface area contributed by atoms with Crippen LogP contribution in [0.5, 0.6) is 0 Å². The van der Waals surface area contributed by atoms with Crippen LogP contribution >= 0.6 is 27.5 Å². The molecule has 0 amide bonds. The lowest BCUT2D eigenvalue weighted by Gasteiger charge is -2.10. The molecule has 2 heterocycles. The number of aromatic nitrogens is 3. The summed E-state index contributed by atoms with van der Waals surface area (Å²) in [5.74, 6) is 1.13. The van der Waals surface area contributed by atoms with Crippen LogP contribution in [0.1, 0.15) is 25.2 Å². The topological polar surface area (TPSA) is 38.7 Å². The number of pyridine rings is 1. The summed E-state index contributed by atoms with van der Waals surface area (Å²) < 4.78 is 0.784. The zero-order valence-electron chi connectivity index (χ0n) is 11.1. The second-order valence-corrected chi connectivity index (χ2v) is 6.04. The summed E-state index contributed by atoms with van der Waals surface area (Å²) in [6.07, 6.45) is 2.63. The SMILES string of the molecule is Cc1ccc(-c2nc(Cl)c(Br)c(CC(C)C)n2)cn1. The van der Waals surface area contributed by atoms with Crippen molar-refractivity contribution in [2.24, 2.45) is 5.92 Å². The van der Waals surface area contributed by atoms with E-state index in [1.54, 1.807) is 6.20 Å². The normalized spacial score (nSPS) is 11.1. The molecule has 2 aromatic heterocycles. The van der Waals surface area contributed by atoms with Crippen LogP contribution in [0.25, 0.3) is 11.4 Å². The van der Waals surface area contributed by atoms with Gasteiger partial charge in [0.2, 0.25) is 0 Å². The fraction of sp³-hybridized carbons (Fsp3) is 0.357. The first-order valence-corrected chi connectivity index (χ1v) is 7.29. The van der Waals surface area contributed by atoms with Gasteiger partial charge in [-0.15, -0.1) is 0 Å². The number of halogens is 2. The lowest BCUT2D eigenvalue weighted by molar-refractivity contribution is 0.632. The number of hydrogen-bond donors (Lipinski definition) is 0. The van der Waals surface area contributed by atoms with E-state index in [1.165, 1.54) is 0 Å². The van der Waals surface area contributed by atoms with Crippen LogP contribution in [0.15, 0.2) is 22.8 Å². The molecule has 0 fully saturated rings. The molecule has 0 aliphatic carbocycles. The average molecular weight is 341 g/mol. The second-order valence-electron chi connectivity index (χ2n) is 4.88. The van der Waals surface area contributed by atoms with Crippen molar-refractivity contribution >= 4 is 27.5 Å². The van der Waals surface area contributed by atoms with Gasteiger partial charge in [-0.2, -0.15) is 0 Å². The second kappa shape index (κ2) is 5.97. The van der Waals surface area contributed by atoms with Crippen molar-refractivity contribution in [3.8, 4) is 11.4 Å². The maximum Gasteiger partial charge on any atom is 0.162 e. The Morgan fingerprint density at radius 2 is 2.00 bits per heavy atom. The van der Waals surface area contributed by atoms with Crippen molar-refractivity contribution < 1.29 is 0 Å². The summed E-state index contributed by atoms with van der Waals surface area (Å²) in [5, 5.41) is 0.446. The Morgan fingerprint density at radius 1 is 1.26 bits per heavy atom. The van der Waals surface area contributed by atoms with Gasteiger partial charge < -0.3 is 0 Å². The van der Waals surface area contributed by atoms with Crippen molar-refractivity contribution in [3.63, 3.8) is 0 Å². The molecule has 0 radical (unpaired) electrons. The third-order valence-electron chi connectivity index (χ3n) is 2.65. The predicted molar refractivity (Wildman–Crippen MR) is 81.3 cm³/mol. The van der Waals surface area contributed by atoms with Gasteiger partial charge in [-0.1, -0.05) is 25.4 Å². The summed E-state index contributed by atoms with van der Waals surface area (Å²) in [7, 11) is 0. The average Bonchev–Trinajstić information content (AvgIpc) is 2.35. The van der Waals surface area contributed by atoms with E-state index in [1.807, 2.05) is 19.1 Å². The van der Waals surface area contributed by atoms with E-state index in [9.17, 15) is 0 Å². The van der Waals surface area contributed by atoms with Gasteiger partial charge in [0.25, 0.3) is 0 Å². The fourth-order valence-electron chi connectivity index (χ4n) is 1.71. The van der Waals surface area contributed by atoms with Crippen LogP contribution in [0.4, 0.5) is 0 Å². The Bertz CT molecular complexity index is 582. The lowest BCUT2D eigenvalue weighted by Crippen LogP contribution is -2.03. The van der Waals surface area contributed by atoms with Crippen molar-refractivity contribution in [2.75, 3.05) is 0 Å². The molecule has 2 aromatic rings. The van der Waals surface area contributed by atoms with Crippen molar-refractivity contribution in [3.05, 3.63) is 39.3 Å². The Balaban J connectivity index is 2.46. The summed E-state index contributed by atoms with van der Waals surface area (Å²) in [6.45, 7) is 6.24. The predicted octanol–water partition coefficient (Wildman–Crippen LogP) is 4.46. The largest absolute Gasteiger partial charge is 0.261 e. The molecule has 0 aromatic carbocycles. The highest BCUT2D eigenvalue weighted by atomic mass is 79.9. The van der Waals surface area contributed by atoms with Gasteiger partial charge in [0.1, 0.15) is 5.15 Å². The molecule has 100 valence electrons. The molecule has 0 saturated heterocycles. The molecule has 0 aliphatic rings. The minimum absolute atomic E-state index is 0.446. The summed E-state index contributed by atoms with van der Waals surface area (Å²) in [6, 6.07) is 3.90. The van der Waals surface area contributed by atoms with E-state index in [0.29, 0.717) is 16.9 Å². The first-order valence-electron chi connectivity index (χ1n) is 6.12. The van der Waals surface area contributed by atoms with Gasteiger partial charge in [0, 0.05) is 17.5 Å². The zero-order chi connectivity index (χ0) is 14.0. The Morgan fingerprint density at radius 3 is 2.58 bits per heavy atom. The molecule has 0 bridgehead atoms. The van der Waals surface area contributed by atoms with Gasteiger partial charge in [0.05, 0.1) is 10.2 Å². The molecule has 19 heavy (non-hydrogen) atoms. The van der Waals surface area contributed by atoms with E-state index in [0.717, 1.165) is 27.8 Å². The van der Waals surface area contributed by atoms with Gasteiger partial charge in [-0.3, -0.25) is 4.98 Å². The number of aryl methyl sites for hydroxylation is 1. The number of rotatable bonds is 3. The molecule has 0 aliphatic heterocycles. The molecule has 2 rings (SSSR count). The first kappa shape index (κ1) is 14.4. The molecule has 0 saturated carbocycles. The first-order chi connectivity index (χ1) is 8.97. The van der Waals surface area contributed by atoms with E-state index in [-0.39, 0.29) is 0 Å². The van der Waals surface area contributed by atoms with E-state index in [4.69, 9.17) is 11.6 Å². The van der Waals surface area contributed by atoms with Gasteiger partial charge >= 0.3 is 0 Å². The van der Waals surface area contributed by atoms with Crippen molar-refractivity contribution in [2.45, 2.75) is 27.2 Å². The van der Waals surface area contributed by atoms with Crippen LogP contribution in [-0.4, -0.2) is 15.0 Å². The Kier molecular flexibility index (Phi) is 4.53. The number of hydrogen-bond acceptors (Lipinski definition) is 3. The minimum Gasteiger partial charge on any atom is -0.261 e. The van der Waals surface area contributed by atoms with Crippen molar-refractivity contribution in [1.29, 1.82) is 0 Å².